The summed E-state index contributed by atoms with van der Waals surface area (Å²) in [7, 11) is 0. The van der Waals surface area contributed by atoms with Gasteiger partial charge in [-0.3, -0.25) is 4.79 Å². The van der Waals surface area contributed by atoms with Crippen molar-refractivity contribution in [2.24, 2.45) is 0 Å². The molecule has 2 saturated heterocycles. The van der Waals surface area contributed by atoms with Crippen molar-refractivity contribution >= 4 is 5.91 Å². The average molecular weight is 413 g/mol. The number of piperidine rings is 1. The van der Waals surface area contributed by atoms with Gasteiger partial charge in [-0.15, -0.1) is 0 Å². The molecule has 2 heterocycles. The molecule has 2 atom stereocenters. The lowest BCUT2D eigenvalue weighted by Gasteiger charge is -2.42. The van der Waals surface area contributed by atoms with Gasteiger partial charge in [0.25, 0.3) is 5.91 Å². The summed E-state index contributed by atoms with van der Waals surface area (Å²) in [6, 6.07) is 15.4. The lowest BCUT2D eigenvalue weighted by atomic mass is 9.82. The molecule has 2 aromatic rings. The van der Waals surface area contributed by atoms with Gasteiger partial charge in [-0.05, 0) is 50.1 Å². The van der Waals surface area contributed by atoms with E-state index in [4.69, 9.17) is 14.2 Å². The summed E-state index contributed by atoms with van der Waals surface area (Å²) in [5.74, 6) is 0.541. The number of hydrogen-bond donors (Lipinski definition) is 0. The Balaban J connectivity index is 1.47. The maximum atomic E-state index is 13.7. The highest BCUT2D eigenvalue weighted by molar-refractivity contribution is 5.94. The molecule has 0 radical (unpaired) electrons. The molecule has 1 amide bonds. The van der Waals surface area contributed by atoms with Gasteiger partial charge in [-0.25, -0.2) is 4.39 Å². The highest BCUT2D eigenvalue weighted by Crippen LogP contribution is 2.42. The van der Waals surface area contributed by atoms with E-state index in [9.17, 15) is 9.18 Å². The molecule has 2 aliphatic heterocycles. The van der Waals surface area contributed by atoms with Gasteiger partial charge in [-0.1, -0.05) is 30.3 Å². The van der Waals surface area contributed by atoms with E-state index in [0.717, 1.165) is 11.1 Å². The zero-order valence-corrected chi connectivity index (χ0v) is 17.7. The summed E-state index contributed by atoms with van der Waals surface area (Å²) < 4.78 is 31.2. The van der Waals surface area contributed by atoms with Crippen LogP contribution in [0, 0.1) is 6.92 Å². The van der Waals surface area contributed by atoms with Crippen molar-refractivity contribution in [1.29, 1.82) is 0 Å². The molecule has 160 valence electrons. The maximum Gasteiger partial charge on any atom is 0.253 e. The maximum absolute atomic E-state index is 13.7. The quantitative estimate of drug-likeness (QED) is 0.736. The zero-order valence-electron chi connectivity index (χ0n) is 17.7. The van der Waals surface area contributed by atoms with Crippen molar-refractivity contribution in [3.05, 3.63) is 65.2 Å². The third kappa shape index (κ3) is 4.07. The standard InChI is InChI=1S/C24H28FNO4/c1-17-13-18(9-10-20(17)28-15-23(2,3)25)22(27)26-12-11-24(19-7-5-4-6-8-19)21(14-26)29-16-30-24/h4-10,13,21H,11-12,14-16H2,1-3H3/t21-,24-/m0/s1. The first-order chi connectivity index (χ1) is 14.3. The minimum absolute atomic E-state index is 0.0339. The molecule has 30 heavy (non-hydrogen) atoms. The fourth-order valence-electron chi connectivity index (χ4n) is 4.17. The molecule has 0 bridgehead atoms. The first kappa shape index (κ1) is 20.8. The van der Waals surface area contributed by atoms with Crippen LogP contribution in [0.4, 0.5) is 4.39 Å². The predicted molar refractivity (Wildman–Crippen MR) is 111 cm³/mol. The smallest absolute Gasteiger partial charge is 0.253 e. The second kappa shape index (κ2) is 8.00. The molecular weight excluding hydrogens is 385 g/mol. The number of likely N-dealkylation sites (tertiary alicyclic amines) is 1. The van der Waals surface area contributed by atoms with Crippen LogP contribution in [0.15, 0.2) is 48.5 Å². The molecule has 2 fully saturated rings. The number of fused-ring (bicyclic) bond motifs is 1. The molecule has 5 nitrogen and oxygen atoms in total. The Kier molecular flexibility index (Phi) is 5.55. The van der Waals surface area contributed by atoms with Crippen LogP contribution in [0.1, 0.15) is 41.8 Å². The van der Waals surface area contributed by atoms with Crippen LogP contribution in [-0.2, 0) is 15.1 Å². The molecule has 0 N–H and O–H groups in total. The lowest BCUT2D eigenvalue weighted by Crippen LogP contribution is -2.53. The summed E-state index contributed by atoms with van der Waals surface area (Å²) in [5, 5.41) is 0. The van der Waals surface area contributed by atoms with Crippen molar-refractivity contribution in [3.8, 4) is 5.75 Å². The van der Waals surface area contributed by atoms with Gasteiger partial charge < -0.3 is 19.1 Å². The van der Waals surface area contributed by atoms with E-state index in [1.54, 1.807) is 18.2 Å². The number of alkyl halides is 1. The Morgan fingerprint density at radius 2 is 2.03 bits per heavy atom. The second-order valence-electron chi connectivity index (χ2n) is 8.66. The number of hydrogen-bond acceptors (Lipinski definition) is 4. The Labute approximate surface area is 176 Å². The van der Waals surface area contributed by atoms with E-state index in [1.165, 1.54) is 13.8 Å². The van der Waals surface area contributed by atoms with E-state index in [0.29, 0.717) is 30.8 Å². The lowest BCUT2D eigenvalue weighted by molar-refractivity contribution is -0.0439. The number of aryl methyl sites for hydroxylation is 1. The number of rotatable bonds is 5. The molecule has 2 aliphatic rings. The molecule has 0 aromatic heterocycles. The number of halogens is 1. The van der Waals surface area contributed by atoms with Crippen LogP contribution in [-0.4, -0.2) is 49.1 Å². The van der Waals surface area contributed by atoms with E-state index in [2.05, 4.69) is 12.1 Å². The van der Waals surface area contributed by atoms with Gasteiger partial charge in [0, 0.05) is 18.5 Å². The number of ether oxygens (including phenoxy) is 3. The summed E-state index contributed by atoms with van der Waals surface area (Å²) in [6.07, 6.45) is 0.479. The van der Waals surface area contributed by atoms with Crippen LogP contribution in [0.3, 0.4) is 0 Å². The van der Waals surface area contributed by atoms with E-state index in [-0.39, 0.29) is 25.4 Å². The number of benzene rings is 2. The first-order valence-electron chi connectivity index (χ1n) is 10.3. The number of nitrogens with zero attached hydrogens (tertiary/aromatic N) is 1. The molecule has 0 spiro atoms. The minimum atomic E-state index is -1.41. The van der Waals surface area contributed by atoms with E-state index >= 15 is 0 Å². The Hall–Kier alpha value is -2.44. The first-order valence-corrected chi connectivity index (χ1v) is 10.3. The van der Waals surface area contributed by atoms with Crippen LogP contribution < -0.4 is 4.74 Å². The predicted octanol–water partition coefficient (Wildman–Crippen LogP) is 4.24. The van der Waals surface area contributed by atoms with Gasteiger partial charge in [0.05, 0.1) is 6.54 Å². The normalized spacial score (nSPS) is 23.9. The van der Waals surface area contributed by atoms with Gasteiger partial charge in [-0.2, -0.15) is 0 Å². The topological polar surface area (TPSA) is 48.0 Å². The fraction of sp³-hybridized carbons (Fsp3) is 0.458. The van der Waals surface area contributed by atoms with Crippen LogP contribution in [0.5, 0.6) is 5.75 Å². The van der Waals surface area contributed by atoms with Gasteiger partial charge in [0.15, 0.2) is 0 Å². The molecule has 0 unspecified atom stereocenters. The zero-order chi connectivity index (χ0) is 21.4. The highest BCUT2D eigenvalue weighted by atomic mass is 19.1. The van der Waals surface area contributed by atoms with E-state index < -0.39 is 11.3 Å². The summed E-state index contributed by atoms with van der Waals surface area (Å²) in [4.78, 5) is 15.0. The van der Waals surface area contributed by atoms with Crippen LogP contribution in [0.2, 0.25) is 0 Å². The van der Waals surface area contributed by atoms with Crippen molar-refractivity contribution in [2.75, 3.05) is 26.5 Å². The number of amides is 1. The summed E-state index contributed by atoms with van der Waals surface area (Å²) >= 11 is 0. The Bertz CT molecular complexity index is 911. The van der Waals surface area contributed by atoms with Gasteiger partial charge >= 0.3 is 0 Å². The molecule has 2 aromatic carbocycles. The second-order valence-corrected chi connectivity index (χ2v) is 8.66. The Morgan fingerprint density at radius 1 is 1.27 bits per heavy atom. The number of carbonyl (C=O) groups is 1. The van der Waals surface area contributed by atoms with Crippen molar-refractivity contribution in [3.63, 3.8) is 0 Å². The van der Waals surface area contributed by atoms with Crippen LogP contribution in [0.25, 0.3) is 0 Å². The highest BCUT2D eigenvalue weighted by Gasteiger charge is 2.51. The summed E-state index contributed by atoms with van der Waals surface area (Å²) in [5.41, 5.74) is 0.577. The third-order valence-electron chi connectivity index (χ3n) is 5.79. The van der Waals surface area contributed by atoms with Crippen molar-refractivity contribution < 1.29 is 23.4 Å². The SMILES string of the molecule is Cc1cc(C(=O)N2CC[C@@]3(c4ccccc4)OCO[C@H]3C2)ccc1OCC(C)(C)F. The van der Waals surface area contributed by atoms with E-state index in [1.807, 2.05) is 30.0 Å². The molecule has 4 rings (SSSR count). The summed E-state index contributed by atoms with van der Waals surface area (Å²) in [6.45, 7) is 6.07. The monoisotopic (exact) mass is 413 g/mol. The average Bonchev–Trinajstić information content (AvgIpc) is 3.16. The number of carbonyl (C=O) groups excluding carboxylic acids is 1. The fourth-order valence-corrected chi connectivity index (χ4v) is 4.17. The van der Waals surface area contributed by atoms with Crippen LogP contribution >= 0.6 is 0 Å². The van der Waals surface area contributed by atoms with Gasteiger partial charge in [0.2, 0.25) is 0 Å². The Morgan fingerprint density at radius 3 is 2.73 bits per heavy atom. The third-order valence-corrected chi connectivity index (χ3v) is 5.79. The largest absolute Gasteiger partial charge is 0.490 e. The molecule has 6 heteroatoms. The van der Waals surface area contributed by atoms with Crippen molar-refractivity contribution in [1.82, 2.24) is 4.90 Å². The van der Waals surface area contributed by atoms with Gasteiger partial charge in [0.1, 0.15) is 36.5 Å². The minimum Gasteiger partial charge on any atom is -0.490 e. The molecule has 0 saturated carbocycles. The molecule has 0 aliphatic carbocycles. The molecular formula is C24H28FNO4. The van der Waals surface area contributed by atoms with Crippen molar-refractivity contribution in [2.45, 2.75) is 44.6 Å².